The van der Waals surface area contributed by atoms with Gasteiger partial charge in [-0.05, 0) is 44.9 Å². The molecular weight excluding hydrogens is 358 g/mol. The van der Waals surface area contributed by atoms with Crippen LogP contribution in [0, 0.1) is 0 Å². The van der Waals surface area contributed by atoms with Gasteiger partial charge in [0, 0.05) is 24.1 Å². The highest BCUT2D eigenvalue weighted by molar-refractivity contribution is 6.47. The van der Waals surface area contributed by atoms with Gasteiger partial charge in [-0.15, -0.1) is 13.2 Å². The average molecular weight is 380 g/mol. The van der Waals surface area contributed by atoms with E-state index in [1.54, 1.807) is 6.92 Å². The Morgan fingerprint density at radius 2 is 1.62 bits per heavy atom. The summed E-state index contributed by atoms with van der Waals surface area (Å²) in [5, 5.41) is 0. The molecular formula is C17H22BF5O3. The smallest absolute Gasteiger partial charge is 0.411 e. The van der Waals surface area contributed by atoms with Crippen molar-refractivity contribution in [1.82, 2.24) is 0 Å². The minimum absolute atomic E-state index is 0.0714. The van der Waals surface area contributed by atoms with Crippen molar-refractivity contribution in [2.45, 2.75) is 52.4 Å². The molecule has 0 fully saturated rings. The topological polar surface area (TPSA) is 27.7 Å². The molecule has 0 aromatic heterocycles. The molecule has 0 aliphatic rings. The minimum atomic E-state index is -4.84. The van der Waals surface area contributed by atoms with Gasteiger partial charge in [0.1, 0.15) is 5.75 Å². The summed E-state index contributed by atoms with van der Waals surface area (Å²) < 4.78 is 78.3. The second-order valence-electron chi connectivity index (χ2n) is 6.13. The number of hydrogen-bond acceptors (Lipinski definition) is 3. The molecule has 0 heterocycles. The van der Waals surface area contributed by atoms with Gasteiger partial charge in [-0.3, -0.25) is 0 Å². The number of benzene rings is 1. The van der Waals surface area contributed by atoms with E-state index in [1.807, 2.05) is 20.8 Å². The molecule has 0 atom stereocenters. The summed E-state index contributed by atoms with van der Waals surface area (Å²) in [4.78, 5) is 0. The maximum Gasteiger partial charge on any atom is 0.573 e. The SMILES string of the molecule is CCOB(CC(=C(F)F)c1ccc(OC(F)(F)F)cc1)OC(C)(C)CC. The Morgan fingerprint density at radius 1 is 1.04 bits per heavy atom. The fraction of sp³-hybridized carbons (Fsp3) is 0.529. The highest BCUT2D eigenvalue weighted by Gasteiger charge is 2.32. The third-order valence-electron chi connectivity index (χ3n) is 3.69. The van der Waals surface area contributed by atoms with Crippen LogP contribution in [0.4, 0.5) is 22.0 Å². The molecule has 0 saturated heterocycles. The van der Waals surface area contributed by atoms with Crippen molar-refractivity contribution < 1.29 is 36.0 Å². The Kier molecular flexibility index (Phi) is 8.08. The van der Waals surface area contributed by atoms with Crippen LogP contribution in [-0.2, 0) is 9.31 Å². The lowest BCUT2D eigenvalue weighted by atomic mass is 9.77. The molecule has 0 N–H and O–H groups in total. The van der Waals surface area contributed by atoms with Crippen LogP contribution in [-0.4, -0.2) is 25.7 Å². The summed E-state index contributed by atoms with van der Waals surface area (Å²) in [5.74, 6) is -0.482. The molecule has 0 saturated carbocycles. The lowest BCUT2D eigenvalue weighted by Crippen LogP contribution is -2.35. The number of hydrogen-bond donors (Lipinski definition) is 0. The van der Waals surface area contributed by atoms with Gasteiger partial charge in [0.05, 0.1) is 0 Å². The Labute approximate surface area is 150 Å². The molecule has 1 rings (SSSR count). The van der Waals surface area contributed by atoms with Crippen LogP contribution < -0.4 is 4.74 Å². The molecule has 1 aromatic carbocycles. The maximum atomic E-state index is 13.4. The van der Waals surface area contributed by atoms with Crippen molar-refractivity contribution in [1.29, 1.82) is 0 Å². The maximum absolute atomic E-state index is 13.4. The zero-order chi connectivity index (χ0) is 20.0. The summed E-state index contributed by atoms with van der Waals surface area (Å²) in [6, 6.07) is 4.25. The second-order valence-corrected chi connectivity index (χ2v) is 6.13. The van der Waals surface area contributed by atoms with E-state index in [-0.39, 0.29) is 24.1 Å². The van der Waals surface area contributed by atoms with Gasteiger partial charge >= 0.3 is 13.5 Å². The number of rotatable bonds is 9. The van der Waals surface area contributed by atoms with Gasteiger partial charge < -0.3 is 14.0 Å². The summed E-state index contributed by atoms with van der Waals surface area (Å²) in [5.41, 5.74) is -0.849. The molecule has 146 valence electrons. The molecule has 0 aliphatic heterocycles. The average Bonchev–Trinajstić information content (AvgIpc) is 2.51. The molecule has 0 amide bonds. The highest BCUT2D eigenvalue weighted by atomic mass is 19.4. The molecule has 0 aliphatic carbocycles. The van der Waals surface area contributed by atoms with Crippen LogP contribution in [0.25, 0.3) is 5.57 Å². The quantitative estimate of drug-likeness (QED) is 0.393. The van der Waals surface area contributed by atoms with Crippen LogP contribution in [0.3, 0.4) is 0 Å². The fourth-order valence-corrected chi connectivity index (χ4v) is 2.09. The van der Waals surface area contributed by atoms with Crippen molar-refractivity contribution in [3.8, 4) is 5.75 Å². The first-order valence-corrected chi connectivity index (χ1v) is 8.17. The van der Waals surface area contributed by atoms with Gasteiger partial charge in [0.25, 0.3) is 6.08 Å². The molecule has 0 bridgehead atoms. The van der Waals surface area contributed by atoms with Crippen LogP contribution in [0.15, 0.2) is 30.3 Å². The molecule has 9 heteroatoms. The van der Waals surface area contributed by atoms with Crippen LogP contribution in [0.5, 0.6) is 5.75 Å². The van der Waals surface area contributed by atoms with E-state index in [4.69, 9.17) is 9.31 Å². The third-order valence-corrected chi connectivity index (χ3v) is 3.69. The minimum Gasteiger partial charge on any atom is -0.411 e. The molecule has 0 spiro atoms. The Hall–Kier alpha value is -1.61. The van der Waals surface area contributed by atoms with Gasteiger partial charge in [-0.2, -0.15) is 8.78 Å². The Balaban J connectivity index is 2.99. The largest absolute Gasteiger partial charge is 0.573 e. The van der Waals surface area contributed by atoms with E-state index in [1.165, 1.54) is 0 Å². The molecule has 3 nitrogen and oxygen atoms in total. The van der Waals surface area contributed by atoms with E-state index in [0.717, 1.165) is 24.3 Å². The Bertz CT molecular complexity index is 595. The summed E-state index contributed by atoms with van der Waals surface area (Å²) >= 11 is 0. The normalized spacial score (nSPS) is 12.0. The van der Waals surface area contributed by atoms with Gasteiger partial charge in [-0.1, -0.05) is 19.1 Å². The van der Waals surface area contributed by atoms with Crippen LogP contribution in [0.1, 0.15) is 39.7 Å². The predicted octanol–water partition coefficient (Wildman–Crippen LogP) is 5.92. The lowest BCUT2D eigenvalue weighted by molar-refractivity contribution is -0.274. The third kappa shape index (κ3) is 7.74. The number of allylic oxidation sites excluding steroid dienone is 1. The fourth-order valence-electron chi connectivity index (χ4n) is 2.09. The standard InChI is InChI=1S/C17H22BF5O3/c1-5-16(3,4)26-18(24-6-2)11-14(15(19)20)12-7-9-13(10-8-12)25-17(21,22)23/h7-10H,5-6,11H2,1-4H3. The first-order chi connectivity index (χ1) is 12.0. The van der Waals surface area contributed by atoms with Crippen LogP contribution in [0.2, 0.25) is 6.32 Å². The highest BCUT2D eigenvalue weighted by Crippen LogP contribution is 2.31. The summed E-state index contributed by atoms with van der Waals surface area (Å²) in [6.45, 7) is 7.52. The lowest BCUT2D eigenvalue weighted by Gasteiger charge is -2.28. The van der Waals surface area contributed by atoms with E-state index in [2.05, 4.69) is 4.74 Å². The second kappa shape index (κ2) is 9.37. The van der Waals surface area contributed by atoms with Crippen LogP contribution >= 0.6 is 0 Å². The predicted molar refractivity (Wildman–Crippen MR) is 89.9 cm³/mol. The summed E-state index contributed by atoms with van der Waals surface area (Å²) in [7, 11) is -0.905. The van der Waals surface area contributed by atoms with E-state index >= 15 is 0 Å². The first-order valence-electron chi connectivity index (χ1n) is 8.17. The van der Waals surface area contributed by atoms with Gasteiger partial charge in [0.15, 0.2) is 0 Å². The van der Waals surface area contributed by atoms with Gasteiger partial charge in [0.2, 0.25) is 0 Å². The van der Waals surface area contributed by atoms with Crippen molar-refractivity contribution in [2.24, 2.45) is 0 Å². The summed E-state index contributed by atoms with van der Waals surface area (Å²) in [6.07, 6.45) is -6.38. The molecule has 0 unspecified atom stereocenters. The number of ether oxygens (including phenoxy) is 1. The van der Waals surface area contributed by atoms with Crippen molar-refractivity contribution in [3.05, 3.63) is 35.9 Å². The Morgan fingerprint density at radius 3 is 2.04 bits per heavy atom. The van der Waals surface area contributed by atoms with E-state index in [9.17, 15) is 22.0 Å². The van der Waals surface area contributed by atoms with Crippen molar-refractivity contribution in [2.75, 3.05) is 6.61 Å². The molecule has 1 aromatic rings. The monoisotopic (exact) mass is 380 g/mol. The number of halogens is 5. The van der Waals surface area contributed by atoms with Gasteiger partial charge in [-0.25, -0.2) is 0 Å². The molecule has 26 heavy (non-hydrogen) atoms. The molecule has 0 radical (unpaired) electrons. The first kappa shape index (κ1) is 22.4. The number of alkyl halides is 3. The zero-order valence-corrected chi connectivity index (χ0v) is 15.1. The zero-order valence-electron chi connectivity index (χ0n) is 15.1. The van der Waals surface area contributed by atoms with E-state index in [0.29, 0.717) is 6.42 Å². The van der Waals surface area contributed by atoms with Crippen molar-refractivity contribution in [3.63, 3.8) is 0 Å². The van der Waals surface area contributed by atoms with Crippen molar-refractivity contribution >= 4 is 12.7 Å². The van der Waals surface area contributed by atoms with E-state index < -0.39 is 30.9 Å².